The van der Waals surface area contributed by atoms with Gasteiger partial charge in [-0.3, -0.25) is 0 Å². The van der Waals surface area contributed by atoms with E-state index in [0.717, 1.165) is 6.61 Å². The highest BCUT2D eigenvalue weighted by atomic mass is 16.6. The van der Waals surface area contributed by atoms with Crippen molar-refractivity contribution in [3.63, 3.8) is 0 Å². The summed E-state index contributed by atoms with van der Waals surface area (Å²) in [5, 5.41) is 0. The standard InChI is InChI=1S/C7H14O/c1-7(2,3)4-6-5-8-6/h6H,4-5H2,1-3H3/t6-/m1/s1. The summed E-state index contributed by atoms with van der Waals surface area (Å²) >= 11 is 0. The van der Waals surface area contributed by atoms with E-state index < -0.39 is 0 Å². The second-order valence-electron chi connectivity index (χ2n) is 3.72. The lowest BCUT2D eigenvalue weighted by atomic mass is 9.91. The molecular weight excluding hydrogens is 100 g/mol. The number of ether oxygens (including phenoxy) is 1. The Morgan fingerprint density at radius 2 is 2.00 bits per heavy atom. The van der Waals surface area contributed by atoms with E-state index in [1.165, 1.54) is 6.42 Å². The molecule has 48 valence electrons. The predicted molar refractivity (Wildman–Crippen MR) is 33.8 cm³/mol. The van der Waals surface area contributed by atoms with Gasteiger partial charge >= 0.3 is 0 Å². The molecule has 0 aromatic rings. The number of rotatable bonds is 1. The average molecular weight is 114 g/mol. The van der Waals surface area contributed by atoms with Gasteiger partial charge < -0.3 is 4.74 Å². The van der Waals surface area contributed by atoms with E-state index >= 15 is 0 Å². The smallest absolute Gasteiger partial charge is 0.0814 e. The first-order chi connectivity index (χ1) is 3.58. The highest BCUT2D eigenvalue weighted by Crippen LogP contribution is 2.27. The minimum absolute atomic E-state index is 0.459. The summed E-state index contributed by atoms with van der Waals surface area (Å²) in [7, 11) is 0. The molecule has 0 amide bonds. The van der Waals surface area contributed by atoms with Crippen LogP contribution in [-0.4, -0.2) is 12.7 Å². The Balaban J connectivity index is 2.16. The van der Waals surface area contributed by atoms with Gasteiger partial charge in [-0.15, -0.1) is 0 Å². The van der Waals surface area contributed by atoms with Gasteiger partial charge in [0.05, 0.1) is 12.7 Å². The predicted octanol–water partition coefficient (Wildman–Crippen LogP) is 1.82. The van der Waals surface area contributed by atoms with Crippen LogP contribution < -0.4 is 0 Å². The van der Waals surface area contributed by atoms with E-state index in [-0.39, 0.29) is 0 Å². The maximum atomic E-state index is 5.08. The van der Waals surface area contributed by atoms with Crippen LogP contribution in [0.1, 0.15) is 27.2 Å². The third-order valence-electron chi connectivity index (χ3n) is 1.24. The second kappa shape index (κ2) is 1.73. The van der Waals surface area contributed by atoms with E-state index in [1.54, 1.807) is 0 Å². The molecule has 0 aromatic heterocycles. The van der Waals surface area contributed by atoms with Gasteiger partial charge in [0.15, 0.2) is 0 Å². The summed E-state index contributed by atoms with van der Waals surface area (Å²) in [4.78, 5) is 0. The van der Waals surface area contributed by atoms with Crippen molar-refractivity contribution in [1.29, 1.82) is 0 Å². The lowest BCUT2D eigenvalue weighted by molar-refractivity contribution is 0.300. The first kappa shape index (κ1) is 6.09. The molecule has 0 unspecified atom stereocenters. The molecule has 1 aliphatic rings. The first-order valence-electron chi connectivity index (χ1n) is 3.19. The van der Waals surface area contributed by atoms with Gasteiger partial charge in [0.1, 0.15) is 0 Å². The molecule has 0 saturated carbocycles. The molecule has 1 nitrogen and oxygen atoms in total. The van der Waals surface area contributed by atoms with Crippen molar-refractivity contribution in [2.24, 2.45) is 5.41 Å². The van der Waals surface area contributed by atoms with E-state index in [4.69, 9.17) is 4.74 Å². The summed E-state index contributed by atoms with van der Waals surface area (Å²) in [6.45, 7) is 7.73. The molecule has 1 heterocycles. The Kier molecular flexibility index (Phi) is 1.31. The maximum absolute atomic E-state index is 5.08. The highest BCUT2D eigenvalue weighted by Gasteiger charge is 2.27. The fourth-order valence-electron chi connectivity index (χ4n) is 0.869. The Bertz CT molecular complexity index is 76.9. The van der Waals surface area contributed by atoms with Crippen molar-refractivity contribution in [3.8, 4) is 0 Å². The molecule has 0 spiro atoms. The van der Waals surface area contributed by atoms with E-state index in [0.29, 0.717) is 11.5 Å². The minimum atomic E-state index is 0.459. The summed E-state index contributed by atoms with van der Waals surface area (Å²) in [6.07, 6.45) is 1.81. The number of hydrogen-bond acceptors (Lipinski definition) is 1. The fourth-order valence-corrected chi connectivity index (χ4v) is 0.869. The Morgan fingerprint density at radius 3 is 2.12 bits per heavy atom. The summed E-state index contributed by atoms with van der Waals surface area (Å²) in [6, 6.07) is 0. The normalized spacial score (nSPS) is 28.1. The largest absolute Gasteiger partial charge is 0.373 e. The van der Waals surface area contributed by atoms with Crippen LogP contribution >= 0.6 is 0 Å². The number of hydrogen-bond donors (Lipinski definition) is 0. The summed E-state index contributed by atoms with van der Waals surface area (Å²) < 4.78 is 5.08. The third-order valence-corrected chi connectivity index (χ3v) is 1.24. The van der Waals surface area contributed by atoms with Crippen LogP contribution in [0.5, 0.6) is 0 Å². The van der Waals surface area contributed by atoms with Gasteiger partial charge in [-0.2, -0.15) is 0 Å². The maximum Gasteiger partial charge on any atom is 0.0814 e. The molecule has 1 fully saturated rings. The Hall–Kier alpha value is -0.0400. The minimum Gasteiger partial charge on any atom is -0.373 e. The van der Waals surface area contributed by atoms with Crippen LogP contribution in [-0.2, 0) is 4.74 Å². The van der Waals surface area contributed by atoms with E-state index in [9.17, 15) is 0 Å². The SMILES string of the molecule is CC(C)(C)C[C@@H]1CO1. The van der Waals surface area contributed by atoms with Gasteiger partial charge in [0, 0.05) is 0 Å². The lowest BCUT2D eigenvalue weighted by Gasteiger charge is -2.15. The van der Waals surface area contributed by atoms with Crippen molar-refractivity contribution in [3.05, 3.63) is 0 Å². The van der Waals surface area contributed by atoms with Gasteiger partial charge in [0.2, 0.25) is 0 Å². The van der Waals surface area contributed by atoms with Crippen molar-refractivity contribution in [1.82, 2.24) is 0 Å². The van der Waals surface area contributed by atoms with Crippen LogP contribution in [0.25, 0.3) is 0 Å². The lowest BCUT2D eigenvalue weighted by Crippen LogP contribution is -2.07. The molecule has 0 aliphatic carbocycles. The molecule has 0 aromatic carbocycles. The van der Waals surface area contributed by atoms with Crippen LogP contribution in [0.15, 0.2) is 0 Å². The Morgan fingerprint density at radius 1 is 1.50 bits per heavy atom. The van der Waals surface area contributed by atoms with Crippen molar-refractivity contribution >= 4 is 0 Å². The zero-order valence-corrected chi connectivity index (χ0v) is 5.90. The molecule has 8 heavy (non-hydrogen) atoms. The zero-order valence-electron chi connectivity index (χ0n) is 5.90. The van der Waals surface area contributed by atoms with E-state index in [2.05, 4.69) is 20.8 Å². The van der Waals surface area contributed by atoms with Crippen molar-refractivity contribution < 1.29 is 4.74 Å². The molecule has 1 rings (SSSR count). The van der Waals surface area contributed by atoms with Crippen LogP contribution in [0.4, 0.5) is 0 Å². The van der Waals surface area contributed by atoms with Crippen LogP contribution in [0, 0.1) is 5.41 Å². The van der Waals surface area contributed by atoms with Gasteiger partial charge in [-0.25, -0.2) is 0 Å². The van der Waals surface area contributed by atoms with Crippen molar-refractivity contribution in [2.75, 3.05) is 6.61 Å². The average Bonchev–Trinajstić information content (AvgIpc) is 2.12. The molecular formula is C7H14O. The second-order valence-corrected chi connectivity index (χ2v) is 3.72. The molecule has 1 heteroatoms. The molecule has 0 radical (unpaired) electrons. The molecule has 0 bridgehead atoms. The fraction of sp³-hybridized carbons (Fsp3) is 1.00. The molecule has 0 N–H and O–H groups in total. The quantitative estimate of drug-likeness (QED) is 0.474. The van der Waals surface area contributed by atoms with Crippen LogP contribution in [0.3, 0.4) is 0 Å². The van der Waals surface area contributed by atoms with Crippen molar-refractivity contribution in [2.45, 2.75) is 33.3 Å². The molecule has 1 atom stereocenters. The molecule has 1 aliphatic heterocycles. The highest BCUT2D eigenvalue weighted by molar-refractivity contribution is 4.76. The monoisotopic (exact) mass is 114 g/mol. The van der Waals surface area contributed by atoms with Gasteiger partial charge in [-0.1, -0.05) is 20.8 Å². The first-order valence-corrected chi connectivity index (χ1v) is 3.19. The van der Waals surface area contributed by atoms with E-state index in [1.807, 2.05) is 0 Å². The summed E-state index contributed by atoms with van der Waals surface area (Å²) in [5.41, 5.74) is 0.459. The number of epoxide rings is 1. The zero-order chi connectivity index (χ0) is 6.20. The van der Waals surface area contributed by atoms with Gasteiger partial charge in [0.25, 0.3) is 0 Å². The Labute approximate surface area is 51.0 Å². The summed E-state index contributed by atoms with van der Waals surface area (Å²) in [5.74, 6) is 0. The van der Waals surface area contributed by atoms with Gasteiger partial charge in [-0.05, 0) is 11.8 Å². The third kappa shape index (κ3) is 2.31. The molecule has 1 saturated heterocycles. The van der Waals surface area contributed by atoms with Crippen LogP contribution in [0.2, 0.25) is 0 Å². The topological polar surface area (TPSA) is 12.5 Å².